The molecule has 0 bridgehead atoms. The van der Waals surface area contributed by atoms with E-state index in [4.69, 9.17) is 0 Å². The molecule has 1 fully saturated rings. The Labute approximate surface area is 163 Å². The van der Waals surface area contributed by atoms with Crippen LogP contribution in [0.1, 0.15) is 30.1 Å². The number of hydrogen-bond donors (Lipinski definition) is 1. The van der Waals surface area contributed by atoms with Crippen molar-refractivity contribution in [1.29, 1.82) is 0 Å². The van der Waals surface area contributed by atoms with Crippen LogP contribution in [-0.4, -0.2) is 39.0 Å². The van der Waals surface area contributed by atoms with Gasteiger partial charge in [-0.1, -0.05) is 35.5 Å². The van der Waals surface area contributed by atoms with Crippen LogP contribution in [0.5, 0.6) is 0 Å². The summed E-state index contributed by atoms with van der Waals surface area (Å²) in [6.45, 7) is 1.29. The van der Waals surface area contributed by atoms with Gasteiger partial charge in [0.15, 0.2) is 0 Å². The summed E-state index contributed by atoms with van der Waals surface area (Å²) in [6, 6.07) is 16.1. The highest BCUT2D eigenvalue weighted by Gasteiger charge is 2.24. The Hall–Kier alpha value is -3.22. The monoisotopic (exact) mass is 379 g/mol. The normalized spacial score (nSPS) is 14.8. The molecule has 0 aliphatic carbocycles. The van der Waals surface area contributed by atoms with Gasteiger partial charge in [-0.05, 0) is 42.7 Å². The number of aromatic nitrogens is 3. The first-order valence-corrected chi connectivity index (χ1v) is 9.43. The average Bonchev–Trinajstić information content (AvgIpc) is 3.19. The van der Waals surface area contributed by atoms with Gasteiger partial charge in [-0.2, -0.15) is 0 Å². The van der Waals surface area contributed by atoms with E-state index in [0.29, 0.717) is 18.8 Å². The predicted molar refractivity (Wildman–Crippen MR) is 105 cm³/mol. The number of urea groups is 1. The molecule has 4 rings (SSSR count). The van der Waals surface area contributed by atoms with E-state index in [-0.39, 0.29) is 17.9 Å². The Balaban J connectivity index is 1.30. The quantitative estimate of drug-likeness (QED) is 0.748. The van der Waals surface area contributed by atoms with Crippen molar-refractivity contribution in [3.63, 3.8) is 0 Å². The molecule has 6 nitrogen and oxygen atoms in total. The molecule has 1 aliphatic heterocycles. The molecule has 28 heavy (non-hydrogen) atoms. The number of halogens is 1. The number of hydrogen-bond acceptors (Lipinski definition) is 3. The van der Waals surface area contributed by atoms with Crippen LogP contribution in [0.15, 0.2) is 60.8 Å². The fourth-order valence-corrected chi connectivity index (χ4v) is 3.45. The molecule has 0 spiro atoms. The summed E-state index contributed by atoms with van der Waals surface area (Å²) in [5.74, 6) is -0.321. The van der Waals surface area contributed by atoms with Crippen molar-refractivity contribution < 1.29 is 9.18 Å². The lowest BCUT2D eigenvalue weighted by molar-refractivity contribution is 0.179. The first kappa shape index (κ1) is 18.2. The molecule has 1 N–H and O–H groups in total. The molecule has 1 aromatic heterocycles. The van der Waals surface area contributed by atoms with Crippen molar-refractivity contribution in [2.45, 2.75) is 25.3 Å². The van der Waals surface area contributed by atoms with Crippen LogP contribution in [0, 0.1) is 5.82 Å². The van der Waals surface area contributed by atoms with Gasteiger partial charge in [-0.3, -0.25) is 0 Å². The van der Waals surface area contributed by atoms with E-state index in [1.165, 1.54) is 17.7 Å². The van der Waals surface area contributed by atoms with Crippen LogP contribution < -0.4 is 5.32 Å². The molecule has 1 saturated heterocycles. The lowest BCUT2D eigenvalue weighted by Gasteiger charge is -2.31. The van der Waals surface area contributed by atoms with Crippen LogP contribution in [0.2, 0.25) is 0 Å². The number of piperidine rings is 1. The molecule has 2 aromatic carbocycles. The molecule has 7 heteroatoms. The first-order chi connectivity index (χ1) is 13.7. The van der Waals surface area contributed by atoms with Gasteiger partial charge < -0.3 is 10.2 Å². The van der Waals surface area contributed by atoms with Crippen molar-refractivity contribution >= 4 is 11.7 Å². The fourth-order valence-electron chi connectivity index (χ4n) is 3.45. The van der Waals surface area contributed by atoms with E-state index in [9.17, 15) is 9.18 Å². The third kappa shape index (κ3) is 4.36. The maximum Gasteiger partial charge on any atom is 0.321 e. The van der Waals surface area contributed by atoms with Gasteiger partial charge >= 0.3 is 6.03 Å². The second-order valence-electron chi connectivity index (χ2n) is 7.01. The summed E-state index contributed by atoms with van der Waals surface area (Å²) in [7, 11) is 0. The van der Waals surface area contributed by atoms with Crippen molar-refractivity contribution in [1.82, 2.24) is 19.9 Å². The fraction of sp³-hybridized carbons (Fsp3) is 0.286. The topological polar surface area (TPSA) is 63.1 Å². The number of nitrogens with zero attached hydrogens (tertiary/aromatic N) is 4. The molecule has 1 aliphatic rings. The Morgan fingerprint density at radius 2 is 1.79 bits per heavy atom. The van der Waals surface area contributed by atoms with Crippen molar-refractivity contribution in [3.05, 3.63) is 77.9 Å². The summed E-state index contributed by atoms with van der Waals surface area (Å²) in [4.78, 5) is 14.2. The standard InChI is InChI=1S/C21H22FN5O/c22-17-6-8-18(9-7-17)23-21(28)26-12-10-20(11-13-26)27-15-19(24-25-27)14-16-4-2-1-3-5-16/h1-9,15,20H,10-14H2,(H,23,28). The van der Waals surface area contributed by atoms with Gasteiger partial charge in [0.2, 0.25) is 0 Å². The zero-order valence-electron chi connectivity index (χ0n) is 15.5. The highest BCUT2D eigenvalue weighted by molar-refractivity contribution is 5.89. The van der Waals surface area contributed by atoms with Crippen LogP contribution in [0.3, 0.4) is 0 Å². The van der Waals surface area contributed by atoms with Gasteiger partial charge in [-0.15, -0.1) is 5.10 Å². The Morgan fingerprint density at radius 1 is 1.07 bits per heavy atom. The van der Waals surface area contributed by atoms with Gasteiger partial charge in [0.05, 0.1) is 11.7 Å². The van der Waals surface area contributed by atoms with Gasteiger partial charge in [-0.25, -0.2) is 13.9 Å². The van der Waals surface area contributed by atoms with Gasteiger partial charge in [0.1, 0.15) is 5.82 Å². The summed E-state index contributed by atoms with van der Waals surface area (Å²) >= 11 is 0. The zero-order chi connectivity index (χ0) is 19.3. The van der Waals surface area contributed by atoms with E-state index < -0.39 is 0 Å². The number of anilines is 1. The molecule has 2 amide bonds. The maximum atomic E-state index is 13.0. The summed E-state index contributed by atoms with van der Waals surface area (Å²) in [6.07, 6.45) is 4.42. The van der Waals surface area contributed by atoms with Crippen LogP contribution in [0.4, 0.5) is 14.9 Å². The lowest BCUT2D eigenvalue weighted by Crippen LogP contribution is -2.41. The molecule has 0 saturated carbocycles. The average molecular weight is 379 g/mol. The lowest BCUT2D eigenvalue weighted by atomic mass is 10.1. The highest BCUT2D eigenvalue weighted by atomic mass is 19.1. The first-order valence-electron chi connectivity index (χ1n) is 9.43. The van der Waals surface area contributed by atoms with Gasteiger partial charge in [0, 0.05) is 31.4 Å². The van der Waals surface area contributed by atoms with Crippen molar-refractivity contribution in [3.8, 4) is 0 Å². The summed E-state index contributed by atoms with van der Waals surface area (Å²) < 4.78 is 14.9. The Kier molecular flexibility index (Phi) is 5.32. The SMILES string of the molecule is O=C(Nc1ccc(F)cc1)N1CCC(n2cc(Cc3ccccc3)nn2)CC1. The third-order valence-electron chi connectivity index (χ3n) is 5.01. The number of carbonyl (C=O) groups excluding carboxylic acids is 1. The molecule has 2 heterocycles. The van der Waals surface area contributed by atoms with E-state index in [1.54, 1.807) is 17.0 Å². The number of nitrogens with one attached hydrogen (secondary N) is 1. The van der Waals surface area contributed by atoms with E-state index in [1.807, 2.05) is 29.1 Å². The number of amides is 2. The number of rotatable bonds is 4. The third-order valence-corrected chi connectivity index (χ3v) is 5.01. The minimum Gasteiger partial charge on any atom is -0.324 e. The van der Waals surface area contributed by atoms with Crippen molar-refractivity contribution in [2.24, 2.45) is 0 Å². The molecule has 0 atom stereocenters. The molecule has 3 aromatic rings. The second kappa shape index (κ2) is 8.21. The van der Waals surface area contributed by atoms with Crippen LogP contribution >= 0.6 is 0 Å². The number of likely N-dealkylation sites (tertiary alicyclic amines) is 1. The smallest absolute Gasteiger partial charge is 0.321 e. The van der Waals surface area contributed by atoms with Crippen molar-refractivity contribution in [2.75, 3.05) is 18.4 Å². The van der Waals surface area contributed by atoms with E-state index >= 15 is 0 Å². The second-order valence-corrected chi connectivity index (χ2v) is 7.01. The molecular weight excluding hydrogens is 357 g/mol. The molecule has 0 radical (unpaired) electrons. The zero-order valence-corrected chi connectivity index (χ0v) is 15.5. The largest absolute Gasteiger partial charge is 0.324 e. The van der Waals surface area contributed by atoms with Crippen LogP contribution in [-0.2, 0) is 6.42 Å². The molecular formula is C21H22FN5O. The number of benzene rings is 2. The van der Waals surface area contributed by atoms with Crippen LogP contribution in [0.25, 0.3) is 0 Å². The Bertz CT molecular complexity index is 917. The van der Waals surface area contributed by atoms with E-state index in [0.717, 1.165) is 25.0 Å². The minimum atomic E-state index is -0.321. The maximum absolute atomic E-state index is 13.0. The Morgan fingerprint density at radius 3 is 2.50 bits per heavy atom. The minimum absolute atomic E-state index is 0.159. The number of carbonyl (C=O) groups is 1. The van der Waals surface area contributed by atoms with E-state index in [2.05, 4.69) is 27.8 Å². The summed E-state index contributed by atoms with van der Waals surface area (Å²) in [5, 5.41) is 11.4. The highest BCUT2D eigenvalue weighted by Crippen LogP contribution is 2.23. The predicted octanol–water partition coefficient (Wildman–Crippen LogP) is 3.88. The summed E-state index contributed by atoms with van der Waals surface area (Å²) in [5.41, 5.74) is 2.75. The van der Waals surface area contributed by atoms with Gasteiger partial charge in [0.25, 0.3) is 0 Å². The molecule has 144 valence electrons. The molecule has 0 unspecified atom stereocenters.